The predicted octanol–water partition coefficient (Wildman–Crippen LogP) is 12.8. The van der Waals surface area contributed by atoms with Crippen LogP contribution in [-0.4, -0.2) is 0 Å². The topological polar surface area (TPSA) is 21.3 Å². The van der Waals surface area contributed by atoms with E-state index in [1.54, 1.807) is 0 Å². The first-order chi connectivity index (χ1) is 22.0. The maximum absolute atomic E-state index is 7.05. The normalized spacial score (nSPS) is 11.2. The minimum absolute atomic E-state index is 0.321. The molecule has 0 unspecified atom stereocenters. The van der Waals surface area contributed by atoms with Gasteiger partial charge in [0.1, 0.15) is 0 Å². The average Bonchev–Trinajstić information content (AvgIpc) is 3.08. The van der Waals surface area contributed by atoms with E-state index in [4.69, 9.17) is 4.84 Å². The molecule has 6 aromatic carbocycles. The average molecular weight is 653 g/mol. The Hall–Kier alpha value is -4.60. The quantitative estimate of drug-likeness (QED) is 0.157. The van der Waals surface area contributed by atoms with Crippen molar-refractivity contribution < 1.29 is 4.84 Å². The van der Waals surface area contributed by atoms with Gasteiger partial charge in [-0.2, -0.15) is 0 Å². The van der Waals surface area contributed by atoms with Crippen LogP contribution in [0.5, 0.6) is 5.75 Å². The minimum Gasteiger partial charge on any atom is -0.381 e. The first-order valence-corrected chi connectivity index (χ1v) is 16.4. The van der Waals surface area contributed by atoms with E-state index < -0.39 is 0 Å². The van der Waals surface area contributed by atoms with E-state index in [0.29, 0.717) is 11.8 Å². The van der Waals surface area contributed by atoms with E-state index in [-0.39, 0.29) is 0 Å². The Morgan fingerprint density at radius 2 is 0.778 bits per heavy atom. The van der Waals surface area contributed by atoms with E-state index in [9.17, 15) is 0 Å². The Kier molecular flexibility index (Phi) is 9.18. The molecule has 0 atom stereocenters. The number of hydrogen-bond acceptors (Lipinski definition) is 2. The predicted molar refractivity (Wildman–Crippen MR) is 195 cm³/mol. The molecule has 224 valence electrons. The van der Waals surface area contributed by atoms with E-state index in [1.807, 2.05) is 0 Å². The molecule has 0 fully saturated rings. The summed E-state index contributed by atoms with van der Waals surface area (Å²) in [7, 11) is 0. The van der Waals surface area contributed by atoms with Gasteiger partial charge in [-0.1, -0.05) is 167 Å². The molecule has 3 heteroatoms. The Morgan fingerprint density at radius 1 is 0.444 bits per heavy atom. The lowest BCUT2D eigenvalue weighted by atomic mass is 9.84. The van der Waals surface area contributed by atoms with Gasteiger partial charge in [-0.05, 0) is 61.1 Å². The second kappa shape index (κ2) is 13.6. The Bertz CT molecular complexity index is 1750. The molecule has 0 aliphatic heterocycles. The van der Waals surface area contributed by atoms with Crippen molar-refractivity contribution in [3.05, 3.63) is 155 Å². The van der Waals surface area contributed by atoms with Crippen LogP contribution in [-0.2, 0) is 0 Å². The number of para-hydroxylation sites is 1. The van der Waals surface area contributed by atoms with Crippen molar-refractivity contribution in [3.63, 3.8) is 0 Å². The molecule has 6 aromatic rings. The molecule has 0 aromatic heterocycles. The van der Waals surface area contributed by atoms with Crippen LogP contribution in [0.1, 0.15) is 50.7 Å². The summed E-state index contributed by atoms with van der Waals surface area (Å²) in [4.78, 5) is 7.05. The molecule has 0 aliphatic carbocycles. The van der Waals surface area contributed by atoms with Crippen LogP contribution in [0.15, 0.2) is 144 Å². The zero-order valence-corrected chi connectivity index (χ0v) is 27.8. The highest BCUT2D eigenvalue weighted by Crippen LogP contribution is 2.54. The second-order valence-corrected chi connectivity index (χ2v) is 12.7. The van der Waals surface area contributed by atoms with Gasteiger partial charge in [0.05, 0.1) is 5.69 Å². The lowest BCUT2D eigenvalue weighted by Gasteiger charge is -2.27. The summed E-state index contributed by atoms with van der Waals surface area (Å²) < 4.78 is 1.02. The van der Waals surface area contributed by atoms with Gasteiger partial charge in [-0.25, -0.2) is 5.48 Å². The lowest BCUT2D eigenvalue weighted by Crippen LogP contribution is -2.13. The van der Waals surface area contributed by atoms with Gasteiger partial charge < -0.3 is 4.84 Å². The third-order valence-electron chi connectivity index (χ3n) is 8.27. The zero-order valence-electron chi connectivity index (χ0n) is 26.2. The Balaban J connectivity index is 1.74. The summed E-state index contributed by atoms with van der Waals surface area (Å²) in [5, 5.41) is 0. The molecule has 0 heterocycles. The summed E-state index contributed by atoms with van der Waals surface area (Å²) in [6, 6.07) is 48.9. The van der Waals surface area contributed by atoms with Crippen LogP contribution in [0.25, 0.3) is 44.5 Å². The van der Waals surface area contributed by atoms with Gasteiger partial charge in [0.25, 0.3) is 0 Å². The third kappa shape index (κ3) is 6.18. The third-order valence-corrected chi connectivity index (χ3v) is 9.06. The van der Waals surface area contributed by atoms with E-state index in [1.165, 1.54) is 11.1 Å². The van der Waals surface area contributed by atoms with Crippen LogP contribution in [0.4, 0.5) is 5.69 Å². The first-order valence-electron chi connectivity index (χ1n) is 15.6. The number of rotatable bonds is 9. The number of hydrogen-bond donors (Lipinski definition) is 1. The van der Waals surface area contributed by atoms with Crippen LogP contribution in [0, 0.1) is 0 Å². The molecular formula is C42H38BrNO. The highest BCUT2D eigenvalue weighted by Gasteiger charge is 2.28. The van der Waals surface area contributed by atoms with Crippen molar-refractivity contribution in [2.24, 2.45) is 0 Å². The number of anilines is 1. The maximum atomic E-state index is 7.05. The molecular weight excluding hydrogens is 614 g/mol. The van der Waals surface area contributed by atoms with Gasteiger partial charge >= 0.3 is 0 Å². The summed E-state index contributed by atoms with van der Waals surface area (Å²) in [5.74, 6) is 1.42. The van der Waals surface area contributed by atoms with Gasteiger partial charge in [0, 0.05) is 26.7 Å². The van der Waals surface area contributed by atoms with Crippen LogP contribution in [0.3, 0.4) is 0 Å². The Morgan fingerprint density at radius 3 is 1.11 bits per heavy atom. The molecule has 0 bridgehead atoms. The van der Waals surface area contributed by atoms with Crippen molar-refractivity contribution >= 4 is 21.6 Å². The molecule has 1 N–H and O–H groups in total. The van der Waals surface area contributed by atoms with Crippen molar-refractivity contribution in [1.82, 2.24) is 0 Å². The van der Waals surface area contributed by atoms with E-state index in [0.717, 1.165) is 60.4 Å². The highest BCUT2D eigenvalue weighted by molar-refractivity contribution is 9.10. The fourth-order valence-electron chi connectivity index (χ4n) is 6.08. The lowest BCUT2D eigenvalue weighted by molar-refractivity contribution is 0.406. The van der Waals surface area contributed by atoms with Crippen molar-refractivity contribution in [2.45, 2.75) is 39.5 Å². The second-order valence-electron chi connectivity index (χ2n) is 11.9. The van der Waals surface area contributed by atoms with Gasteiger partial charge in [-0.15, -0.1) is 0 Å². The highest BCUT2D eigenvalue weighted by atomic mass is 79.9. The number of nitrogens with one attached hydrogen (secondary N) is 1. The molecule has 0 aliphatic rings. The van der Waals surface area contributed by atoms with Gasteiger partial charge in [0.2, 0.25) is 0 Å². The summed E-state index contributed by atoms with van der Waals surface area (Å²) in [5.41, 5.74) is 15.6. The molecule has 0 saturated heterocycles. The fraction of sp³-hybridized carbons (Fsp3) is 0.143. The van der Waals surface area contributed by atoms with Crippen molar-refractivity contribution in [3.8, 4) is 50.3 Å². The molecule has 0 radical (unpaired) electrons. The maximum Gasteiger partial charge on any atom is 0.171 e. The van der Waals surface area contributed by atoms with Crippen LogP contribution < -0.4 is 10.3 Å². The summed E-state index contributed by atoms with van der Waals surface area (Å²) in [6.07, 6.45) is 0. The molecule has 0 amide bonds. The molecule has 0 saturated carbocycles. The van der Waals surface area contributed by atoms with Crippen molar-refractivity contribution in [2.75, 3.05) is 5.48 Å². The largest absolute Gasteiger partial charge is 0.381 e. The number of halogens is 1. The molecule has 45 heavy (non-hydrogen) atoms. The van der Waals surface area contributed by atoms with Crippen LogP contribution in [0.2, 0.25) is 0 Å². The van der Waals surface area contributed by atoms with E-state index >= 15 is 0 Å². The number of benzene rings is 6. The fourth-order valence-corrected chi connectivity index (χ4v) is 6.94. The first kappa shape index (κ1) is 30.4. The zero-order chi connectivity index (χ0) is 31.3. The van der Waals surface area contributed by atoms with Crippen LogP contribution >= 0.6 is 15.9 Å². The minimum atomic E-state index is 0.321. The van der Waals surface area contributed by atoms with E-state index in [2.05, 4.69) is 189 Å². The molecule has 2 nitrogen and oxygen atoms in total. The Labute approximate surface area is 275 Å². The summed E-state index contributed by atoms with van der Waals surface area (Å²) in [6.45, 7) is 8.93. The van der Waals surface area contributed by atoms with Gasteiger partial charge in [-0.3, -0.25) is 0 Å². The smallest absolute Gasteiger partial charge is 0.171 e. The monoisotopic (exact) mass is 651 g/mol. The summed E-state index contributed by atoms with van der Waals surface area (Å²) >= 11 is 4.17. The van der Waals surface area contributed by atoms with Crippen molar-refractivity contribution in [1.29, 1.82) is 0 Å². The molecule has 0 spiro atoms. The SMILES string of the molecule is CC(C)c1cccc(C(C)C)c1NOc1c(-c2ccccc2)c(-c2ccccc2)c(Br)c(-c2ccccc2)c1-c1ccccc1. The standard InChI is InChI=1S/C42H38BrNO/c1-28(2)34-26-17-27-35(29(3)4)41(34)44-45-42-38(32-22-13-7-14-23-32)36(30-18-9-5-10-19-30)40(43)37(31-20-11-6-12-21-31)39(42)33-24-15-8-16-25-33/h5-29,44H,1-4H3. The van der Waals surface area contributed by atoms with Gasteiger partial charge in [0.15, 0.2) is 5.75 Å². The molecule has 6 rings (SSSR count).